The Bertz CT molecular complexity index is 921. The van der Waals surface area contributed by atoms with Crippen molar-refractivity contribution in [1.29, 1.82) is 0 Å². The van der Waals surface area contributed by atoms with Crippen LogP contribution < -0.4 is 0 Å². The second kappa shape index (κ2) is 8.26. The van der Waals surface area contributed by atoms with E-state index in [1.165, 1.54) is 0 Å². The first-order valence-corrected chi connectivity index (χ1v) is 14.4. The number of carboxylic acid groups (broad SMARTS) is 1. The maximum atomic E-state index is 12.8. The van der Waals surface area contributed by atoms with Crippen LogP contribution in [0.1, 0.15) is 92.4 Å². The normalized spacial score (nSPS) is 57.1. The third-order valence-corrected chi connectivity index (χ3v) is 14.0. The lowest BCUT2D eigenvalue weighted by Gasteiger charge is -2.73. The molecular weight excluding hydrogens is 456 g/mol. The lowest BCUT2D eigenvalue weighted by Crippen LogP contribution is -2.71. The minimum absolute atomic E-state index is 0.0137. The number of aldehydes is 1. The number of carbonyl (C=O) groups is 2. The fourth-order valence-corrected chi connectivity index (χ4v) is 11.6. The molecular formula is C30H48O6. The molecule has 0 unspecified atom stereocenters. The highest BCUT2D eigenvalue weighted by Gasteiger charge is 2.74. The van der Waals surface area contributed by atoms with Gasteiger partial charge in [-0.25, -0.2) is 0 Å². The van der Waals surface area contributed by atoms with Gasteiger partial charge in [0.1, 0.15) is 6.29 Å². The molecule has 0 bridgehead atoms. The van der Waals surface area contributed by atoms with E-state index in [1.807, 2.05) is 6.92 Å². The molecule has 6 heteroatoms. The average Bonchev–Trinajstić information content (AvgIpc) is 3.25. The van der Waals surface area contributed by atoms with Crippen LogP contribution >= 0.6 is 0 Å². The van der Waals surface area contributed by atoms with E-state index >= 15 is 0 Å². The van der Waals surface area contributed by atoms with Gasteiger partial charge in [-0.15, -0.1) is 0 Å². The summed E-state index contributed by atoms with van der Waals surface area (Å²) >= 11 is 0. The number of aliphatic hydroxyl groups excluding tert-OH is 3. The number of aliphatic hydroxyl groups is 3. The Labute approximate surface area is 216 Å². The Morgan fingerprint density at radius 1 is 0.944 bits per heavy atom. The molecule has 36 heavy (non-hydrogen) atoms. The van der Waals surface area contributed by atoms with Gasteiger partial charge in [-0.1, -0.05) is 34.6 Å². The lowest BCUT2D eigenvalue weighted by atomic mass is 9.31. The standard InChI is InChI=1S/C30H48O6/c1-17(15-31)18-8-11-30(25(35)36)13-12-28(4)19(24(18)30)6-7-20-26(2)10-9-22(33)27(3,16-32)21(26)14-23(34)29(20,28)5/h16-24,31,33-34H,6-15H2,1-5H3,(H,35,36)/t17-,18+,19-,20-,21-,22-,23+,24-,26-,27+,28-,29+,30+/m1/s1. The van der Waals surface area contributed by atoms with Crippen molar-refractivity contribution in [3.63, 3.8) is 0 Å². The van der Waals surface area contributed by atoms with E-state index in [0.29, 0.717) is 25.7 Å². The van der Waals surface area contributed by atoms with E-state index in [0.717, 1.165) is 38.4 Å². The monoisotopic (exact) mass is 504 g/mol. The molecule has 0 radical (unpaired) electrons. The van der Waals surface area contributed by atoms with Gasteiger partial charge in [0.15, 0.2) is 0 Å². The summed E-state index contributed by atoms with van der Waals surface area (Å²) in [7, 11) is 0. The number of rotatable bonds is 4. The molecule has 4 N–H and O–H groups in total. The largest absolute Gasteiger partial charge is 0.481 e. The molecule has 0 heterocycles. The molecule has 5 rings (SSSR count). The minimum atomic E-state index is -0.856. The number of hydrogen-bond acceptors (Lipinski definition) is 5. The molecule has 204 valence electrons. The van der Waals surface area contributed by atoms with Crippen LogP contribution in [0, 0.1) is 62.6 Å². The van der Waals surface area contributed by atoms with E-state index in [9.17, 15) is 30.0 Å². The van der Waals surface area contributed by atoms with Crippen molar-refractivity contribution in [3.05, 3.63) is 0 Å². The molecule has 0 aliphatic heterocycles. The van der Waals surface area contributed by atoms with Gasteiger partial charge in [-0.05, 0) is 104 Å². The molecule has 0 saturated heterocycles. The maximum absolute atomic E-state index is 12.8. The SMILES string of the molecule is C[C@H](CO)[C@@H]1CC[C@]2(C(=O)O)CC[C@]3(C)[C@H](CC[C@@H]4[C@@]5(C)CC[C@@H](O)[C@@](C)(C=O)[C@@H]5C[C@H](O)[C@]43C)[C@@H]12. The summed E-state index contributed by atoms with van der Waals surface area (Å²) in [6.07, 6.45) is 6.43. The molecule has 5 aliphatic carbocycles. The quantitative estimate of drug-likeness (QED) is 0.425. The van der Waals surface area contributed by atoms with Crippen LogP contribution in [0.3, 0.4) is 0 Å². The lowest BCUT2D eigenvalue weighted by molar-refractivity contribution is -0.281. The Morgan fingerprint density at radius 2 is 1.64 bits per heavy atom. The van der Waals surface area contributed by atoms with Crippen LogP contribution in [0.4, 0.5) is 0 Å². The van der Waals surface area contributed by atoms with Crippen molar-refractivity contribution in [2.45, 2.75) is 105 Å². The molecule has 5 fully saturated rings. The van der Waals surface area contributed by atoms with Gasteiger partial charge in [0.2, 0.25) is 0 Å². The summed E-state index contributed by atoms with van der Waals surface area (Å²) in [5, 5.41) is 43.5. The first-order chi connectivity index (χ1) is 16.8. The zero-order valence-electron chi connectivity index (χ0n) is 22.9. The Morgan fingerprint density at radius 3 is 2.25 bits per heavy atom. The van der Waals surface area contributed by atoms with E-state index in [4.69, 9.17) is 0 Å². The summed E-state index contributed by atoms with van der Waals surface area (Å²) in [5.74, 6) is -0.0901. The molecule has 0 aromatic heterocycles. The van der Waals surface area contributed by atoms with Crippen molar-refractivity contribution < 1.29 is 30.0 Å². The van der Waals surface area contributed by atoms with Crippen molar-refractivity contribution in [2.24, 2.45) is 62.6 Å². The smallest absolute Gasteiger partial charge is 0.309 e. The molecule has 5 aliphatic rings. The summed E-state index contributed by atoms with van der Waals surface area (Å²) in [5.41, 5.74) is -2.36. The topological polar surface area (TPSA) is 115 Å². The minimum Gasteiger partial charge on any atom is -0.481 e. The average molecular weight is 505 g/mol. The highest BCUT2D eigenvalue weighted by molar-refractivity contribution is 5.76. The zero-order chi connectivity index (χ0) is 26.5. The maximum Gasteiger partial charge on any atom is 0.309 e. The molecule has 0 aromatic rings. The van der Waals surface area contributed by atoms with Crippen LogP contribution in [0.15, 0.2) is 0 Å². The second-order valence-electron chi connectivity index (χ2n) is 14.6. The number of hydrogen-bond donors (Lipinski definition) is 4. The molecule has 0 spiro atoms. The van der Waals surface area contributed by atoms with Gasteiger partial charge >= 0.3 is 5.97 Å². The van der Waals surface area contributed by atoms with Crippen LogP contribution in [-0.2, 0) is 9.59 Å². The first-order valence-electron chi connectivity index (χ1n) is 14.4. The molecule has 13 atom stereocenters. The summed E-state index contributed by atoms with van der Waals surface area (Å²) < 4.78 is 0. The van der Waals surface area contributed by atoms with Gasteiger partial charge < -0.3 is 25.2 Å². The Balaban J connectivity index is 1.60. The van der Waals surface area contributed by atoms with Crippen LogP contribution in [0.5, 0.6) is 0 Å². The number of aliphatic carboxylic acids is 1. The zero-order valence-corrected chi connectivity index (χ0v) is 22.9. The molecule has 5 saturated carbocycles. The van der Waals surface area contributed by atoms with Gasteiger partial charge in [0, 0.05) is 12.0 Å². The second-order valence-corrected chi connectivity index (χ2v) is 14.6. The van der Waals surface area contributed by atoms with Gasteiger partial charge in [-0.2, -0.15) is 0 Å². The first kappa shape index (κ1) is 26.6. The molecule has 0 amide bonds. The summed E-state index contributed by atoms with van der Waals surface area (Å²) in [6, 6.07) is 0. The summed E-state index contributed by atoms with van der Waals surface area (Å²) in [6.45, 7) is 10.9. The van der Waals surface area contributed by atoms with E-state index in [-0.39, 0.29) is 52.9 Å². The summed E-state index contributed by atoms with van der Waals surface area (Å²) in [4.78, 5) is 25.2. The van der Waals surface area contributed by atoms with Gasteiger partial charge in [0.25, 0.3) is 0 Å². The Hall–Kier alpha value is -0.980. The van der Waals surface area contributed by atoms with E-state index in [2.05, 4.69) is 27.7 Å². The Kier molecular flexibility index (Phi) is 6.11. The predicted octanol–water partition coefficient (Wildman–Crippen LogP) is 4.29. The van der Waals surface area contributed by atoms with Crippen molar-refractivity contribution in [3.8, 4) is 0 Å². The fraction of sp³-hybridized carbons (Fsp3) is 0.933. The van der Waals surface area contributed by atoms with Crippen LogP contribution in [-0.4, -0.2) is 51.5 Å². The van der Waals surface area contributed by atoms with Crippen molar-refractivity contribution >= 4 is 12.3 Å². The third-order valence-electron chi connectivity index (χ3n) is 14.0. The van der Waals surface area contributed by atoms with Gasteiger partial charge in [0.05, 0.1) is 23.0 Å². The highest BCUT2D eigenvalue weighted by atomic mass is 16.4. The molecule has 0 aromatic carbocycles. The molecule has 6 nitrogen and oxygen atoms in total. The predicted molar refractivity (Wildman–Crippen MR) is 136 cm³/mol. The van der Waals surface area contributed by atoms with Gasteiger partial charge in [-0.3, -0.25) is 4.79 Å². The number of carboxylic acids is 1. The van der Waals surface area contributed by atoms with Crippen LogP contribution in [0.2, 0.25) is 0 Å². The van der Waals surface area contributed by atoms with E-state index in [1.54, 1.807) is 0 Å². The highest BCUT2D eigenvalue weighted by Crippen LogP contribution is 2.77. The van der Waals surface area contributed by atoms with Crippen molar-refractivity contribution in [2.75, 3.05) is 6.61 Å². The van der Waals surface area contributed by atoms with E-state index < -0.39 is 34.4 Å². The number of fused-ring (bicyclic) bond motifs is 7. The third kappa shape index (κ3) is 2.96. The fourth-order valence-electron chi connectivity index (χ4n) is 11.6. The number of carbonyl (C=O) groups excluding carboxylic acids is 1. The van der Waals surface area contributed by atoms with Crippen LogP contribution in [0.25, 0.3) is 0 Å². The van der Waals surface area contributed by atoms with Crippen molar-refractivity contribution in [1.82, 2.24) is 0 Å².